The lowest BCUT2D eigenvalue weighted by atomic mass is 10.1. The Kier molecular flexibility index (Phi) is 5.52. The van der Waals surface area contributed by atoms with E-state index in [1.165, 1.54) is 16.7 Å². The maximum Gasteiger partial charge on any atom is 0.229 e. The van der Waals surface area contributed by atoms with Crippen LogP contribution in [0.15, 0.2) is 60.8 Å². The number of hydrogen-bond donors (Lipinski definition) is 1. The maximum absolute atomic E-state index is 4.75. The molecule has 2 aromatic carbocycles. The molecular weight excluding hydrogens is 320 g/mol. The average Bonchev–Trinajstić information content (AvgIpc) is 2.59. The molecule has 0 aliphatic rings. The van der Waals surface area contributed by atoms with Crippen molar-refractivity contribution in [3.63, 3.8) is 0 Å². The molecule has 0 aliphatic carbocycles. The number of aryl methyl sites for hydroxylation is 2. The summed E-state index contributed by atoms with van der Waals surface area (Å²) in [5.41, 5.74) is 4.72. The monoisotopic (exact) mass is 346 g/mol. The van der Waals surface area contributed by atoms with Crippen LogP contribution in [-0.4, -0.2) is 16.0 Å². The molecule has 1 N–H and O–H groups in total. The van der Waals surface area contributed by atoms with Gasteiger partial charge in [-0.05, 0) is 62.6 Å². The largest absolute Gasteiger partial charge is 0.350 e. The predicted molar refractivity (Wildman–Crippen MR) is 109 cm³/mol. The van der Waals surface area contributed by atoms with Crippen molar-refractivity contribution in [3.05, 3.63) is 77.5 Å². The highest BCUT2D eigenvalue weighted by Gasteiger charge is 2.13. The van der Waals surface area contributed by atoms with E-state index in [1.807, 2.05) is 18.3 Å². The molecule has 3 rings (SSSR count). The number of anilines is 3. The summed E-state index contributed by atoms with van der Waals surface area (Å²) >= 11 is 0. The fourth-order valence-electron chi connectivity index (χ4n) is 3.05. The Morgan fingerprint density at radius 3 is 2.31 bits per heavy atom. The van der Waals surface area contributed by atoms with Crippen LogP contribution in [0.25, 0.3) is 0 Å². The van der Waals surface area contributed by atoms with E-state index in [4.69, 9.17) is 4.98 Å². The summed E-state index contributed by atoms with van der Waals surface area (Å²) in [5, 5.41) is 3.33. The van der Waals surface area contributed by atoms with E-state index >= 15 is 0 Å². The van der Waals surface area contributed by atoms with E-state index in [9.17, 15) is 0 Å². The third-order valence-electron chi connectivity index (χ3n) is 4.23. The predicted octanol–water partition coefficient (Wildman–Crippen LogP) is 5.25. The van der Waals surface area contributed by atoms with Gasteiger partial charge in [-0.15, -0.1) is 0 Å². The summed E-state index contributed by atoms with van der Waals surface area (Å²) in [7, 11) is 0. The zero-order chi connectivity index (χ0) is 18.5. The molecule has 0 amide bonds. The molecule has 0 unspecified atom stereocenters. The van der Waals surface area contributed by atoms with Crippen LogP contribution in [-0.2, 0) is 6.54 Å². The Bertz CT molecular complexity index is 839. The second-order valence-electron chi connectivity index (χ2n) is 6.95. The zero-order valence-corrected chi connectivity index (χ0v) is 15.9. The van der Waals surface area contributed by atoms with Crippen LogP contribution >= 0.6 is 0 Å². The summed E-state index contributed by atoms with van der Waals surface area (Å²) in [5.74, 6) is 1.54. The molecule has 0 atom stereocenters. The third-order valence-corrected chi connectivity index (χ3v) is 4.23. The lowest BCUT2D eigenvalue weighted by Crippen LogP contribution is -2.31. The molecule has 4 heteroatoms. The SMILES string of the molecule is Cc1cc(C)cc(Nc2nccc(N(Cc3ccccc3)C(C)C)n2)c1. The van der Waals surface area contributed by atoms with Crippen molar-refractivity contribution in [1.29, 1.82) is 0 Å². The van der Waals surface area contributed by atoms with E-state index in [-0.39, 0.29) is 0 Å². The van der Waals surface area contributed by atoms with E-state index < -0.39 is 0 Å². The smallest absolute Gasteiger partial charge is 0.229 e. The normalized spacial score (nSPS) is 10.8. The Morgan fingerprint density at radius 1 is 0.962 bits per heavy atom. The van der Waals surface area contributed by atoms with Crippen LogP contribution in [0.1, 0.15) is 30.5 Å². The highest BCUT2D eigenvalue weighted by Crippen LogP contribution is 2.21. The minimum absolute atomic E-state index is 0.333. The summed E-state index contributed by atoms with van der Waals surface area (Å²) in [6, 6.07) is 19.1. The van der Waals surface area contributed by atoms with Crippen molar-refractivity contribution >= 4 is 17.5 Å². The first kappa shape index (κ1) is 17.9. The number of rotatable bonds is 6. The van der Waals surface area contributed by atoms with Crippen LogP contribution in [0.4, 0.5) is 17.5 Å². The quantitative estimate of drug-likeness (QED) is 0.661. The van der Waals surface area contributed by atoms with Gasteiger partial charge in [-0.2, -0.15) is 4.98 Å². The fraction of sp³-hybridized carbons (Fsp3) is 0.273. The van der Waals surface area contributed by atoms with Crippen LogP contribution in [0, 0.1) is 13.8 Å². The van der Waals surface area contributed by atoms with Gasteiger partial charge < -0.3 is 10.2 Å². The van der Waals surface area contributed by atoms with Crippen molar-refractivity contribution in [2.75, 3.05) is 10.2 Å². The minimum atomic E-state index is 0.333. The number of nitrogens with one attached hydrogen (secondary N) is 1. The fourth-order valence-corrected chi connectivity index (χ4v) is 3.05. The molecule has 1 aromatic heterocycles. The maximum atomic E-state index is 4.75. The van der Waals surface area contributed by atoms with Crippen molar-refractivity contribution in [2.45, 2.75) is 40.3 Å². The van der Waals surface area contributed by atoms with Crippen molar-refractivity contribution in [1.82, 2.24) is 9.97 Å². The van der Waals surface area contributed by atoms with Gasteiger partial charge >= 0.3 is 0 Å². The molecule has 0 aliphatic heterocycles. The molecule has 0 saturated heterocycles. The summed E-state index contributed by atoms with van der Waals surface area (Å²) in [6.07, 6.45) is 1.81. The molecule has 0 radical (unpaired) electrons. The summed E-state index contributed by atoms with van der Waals surface area (Å²) in [6.45, 7) is 9.37. The number of aromatic nitrogens is 2. The lowest BCUT2D eigenvalue weighted by Gasteiger charge is -2.28. The van der Waals surface area contributed by atoms with Gasteiger partial charge in [-0.1, -0.05) is 36.4 Å². The van der Waals surface area contributed by atoms with Gasteiger partial charge in [0.05, 0.1) is 0 Å². The lowest BCUT2D eigenvalue weighted by molar-refractivity contribution is 0.672. The van der Waals surface area contributed by atoms with Gasteiger partial charge in [0.2, 0.25) is 5.95 Å². The topological polar surface area (TPSA) is 41.1 Å². The molecule has 0 saturated carbocycles. The van der Waals surface area contributed by atoms with Gasteiger partial charge in [0, 0.05) is 24.5 Å². The molecule has 26 heavy (non-hydrogen) atoms. The molecule has 0 spiro atoms. The molecule has 0 bridgehead atoms. The summed E-state index contributed by atoms with van der Waals surface area (Å²) < 4.78 is 0. The van der Waals surface area contributed by atoms with E-state index in [0.717, 1.165) is 18.1 Å². The first-order valence-electron chi connectivity index (χ1n) is 9.00. The molecule has 134 valence electrons. The number of benzene rings is 2. The van der Waals surface area contributed by atoms with Gasteiger partial charge in [-0.25, -0.2) is 4.98 Å². The second-order valence-corrected chi connectivity index (χ2v) is 6.95. The van der Waals surface area contributed by atoms with Gasteiger partial charge in [0.1, 0.15) is 5.82 Å². The van der Waals surface area contributed by atoms with Crippen molar-refractivity contribution in [3.8, 4) is 0 Å². The first-order valence-corrected chi connectivity index (χ1v) is 9.00. The highest BCUT2D eigenvalue weighted by molar-refractivity contribution is 5.57. The highest BCUT2D eigenvalue weighted by atomic mass is 15.2. The van der Waals surface area contributed by atoms with Gasteiger partial charge in [0.25, 0.3) is 0 Å². The van der Waals surface area contributed by atoms with Crippen LogP contribution in [0.5, 0.6) is 0 Å². The van der Waals surface area contributed by atoms with Crippen molar-refractivity contribution < 1.29 is 0 Å². The average molecular weight is 346 g/mol. The number of hydrogen-bond acceptors (Lipinski definition) is 4. The Balaban J connectivity index is 1.84. The van der Waals surface area contributed by atoms with Crippen LogP contribution in [0.3, 0.4) is 0 Å². The van der Waals surface area contributed by atoms with Crippen molar-refractivity contribution in [2.24, 2.45) is 0 Å². The van der Waals surface area contributed by atoms with E-state index in [2.05, 4.69) is 85.4 Å². The second kappa shape index (κ2) is 8.00. The standard InChI is InChI=1S/C22H26N4/c1-16(2)26(15-19-8-6-5-7-9-19)21-10-11-23-22(25-21)24-20-13-17(3)12-18(4)14-20/h5-14,16H,15H2,1-4H3,(H,23,24,25). The molecule has 1 heterocycles. The number of nitrogens with zero attached hydrogens (tertiary/aromatic N) is 3. The molecule has 0 fully saturated rings. The van der Waals surface area contributed by atoms with E-state index in [1.54, 1.807) is 0 Å². The Hall–Kier alpha value is -2.88. The minimum Gasteiger partial charge on any atom is -0.350 e. The molecular formula is C22H26N4. The van der Waals surface area contributed by atoms with E-state index in [0.29, 0.717) is 12.0 Å². The van der Waals surface area contributed by atoms with Crippen LogP contribution in [0.2, 0.25) is 0 Å². The van der Waals surface area contributed by atoms with Gasteiger partial charge in [-0.3, -0.25) is 0 Å². The molecule has 4 nitrogen and oxygen atoms in total. The van der Waals surface area contributed by atoms with Crippen LogP contribution < -0.4 is 10.2 Å². The summed E-state index contributed by atoms with van der Waals surface area (Å²) in [4.78, 5) is 11.4. The Labute approximate surface area is 155 Å². The third kappa shape index (κ3) is 4.60. The zero-order valence-electron chi connectivity index (χ0n) is 15.9. The Morgan fingerprint density at radius 2 is 1.65 bits per heavy atom. The van der Waals surface area contributed by atoms with Gasteiger partial charge in [0.15, 0.2) is 0 Å². The first-order chi connectivity index (χ1) is 12.5. The molecule has 3 aromatic rings.